The van der Waals surface area contributed by atoms with Crippen molar-refractivity contribution >= 4 is 29.8 Å². The molecule has 1 rings (SSSR count). The van der Waals surface area contributed by atoms with Crippen molar-refractivity contribution in [3.63, 3.8) is 0 Å². The maximum Gasteiger partial charge on any atom is 0.303 e. The fraction of sp³-hybridized carbons (Fsp3) is 0.688. The third-order valence-corrected chi connectivity index (χ3v) is 3.48. The summed E-state index contributed by atoms with van der Waals surface area (Å²) in [5, 5.41) is 10.6. The number of carbonyl (C=O) groups excluding carboxylic acids is 5. The molecule has 0 aromatic rings. The van der Waals surface area contributed by atoms with Gasteiger partial charge < -0.3 is 28.8 Å². The minimum atomic E-state index is -1.74. The van der Waals surface area contributed by atoms with E-state index in [1.807, 2.05) is 0 Å². The van der Waals surface area contributed by atoms with Gasteiger partial charge in [-0.2, -0.15) is 0 Å². The van der Waals surface area contributed by atoms with Crippen molar-refractivity contribution in [3.05, 3.63) is 0 Å². The van der Waals surface area contributed by atoms with Gasteiger partial charge in [0.1, 0.15) is 6.10 Å². The van der Waals surface area contributed by atoms with E-state index in [1.54, 1.807) is 0 Å². The average Bonchev–Trinajstić information content (AvgIpc) is 2.49. The second-order valence-electron chi connectivity index (χ2n) is 5.86. The zero-order valence-corrected chi connectivity index (χ0v) is 15.5. The topological polar surface area (TPSA) is 152 Å². The van der Waals surface area contributed by atoms with E-state index in [1.165, 1.54) is 0 Å². The largest absolute Gasteiger partial charge is 0.455 e. The summed E-state index contributed by atoms with van der Waals surface area (Å²) in [7, 11) is 0. The number of esters is 5. The number of carbonyl (C=O) groups is 5. The normalized spacial score (nSPS) is 29.9. The highest BCUT2D eigenvalue weighted by Crippen LogP contribution is 2.32. The molecule has 0 radical (unpaired) electrons. The summed E-state index contributed by atoms with van der Waals surface area (Å²) < 4.78 is 25.2. The minimum Gasteiger partial charge on any atom is -0.455 e. The van der Waals surface area contributed by atoms with Crippen LogP contribution in [0.2, 0.25) is 0 Å². The van der Waals surface area contributed by atoms with Gasteiger partial charge in [0.2, 0.25) is 0 Å². The Morgan fingerprint density at radius 3 is 0.889 bits per heavy atom. The van der Waals surface area contributed by atoms with Crippen LogP contribution in [-0.4, -0.2) is 71.6 Å². The zero-order chi connectivity index (χ0) is 20.9. The summed E-state index contributed by atoms with van der Waals surface area (Å²) in [6.07, 6.45) is -9.37. The SMILES string of the molecule is CC(=O)OC1C(O)[C@@H](OC(C)=O)C(OC(C)=O)C(OC(C)=O)[C@H]1OC(C)=O. The highest BCUT2D eigenvalue weighted by Gasteiger charge is 2.58. The van der Waals surface area contributed by atoms with Crippen LogP contribution >= 0.6 is 0 Å². The lowest BCUT2D eigenvalue weighted by molar-refractivity contribution is -0.255. The van der Waals surface area contributed by atoms with Crippen LogP contribution in [0.3, 0.4) is 0 Å². The molecule has 1 fully saturated rings. The van der Waals surface area contributed by atoms with Gasteiger partial charge in [-0.15, -0.1) is 0 Å². The third-order valence-electron chi connectivity index (χ3n) is 3.48. The van der Waals surface area contributed by atoms with Gasteiger partial charge in [-0.25, -0.2) is 0 Å². The van der Waals surface area contributed by atoms with Crippen molar-refractivity contribution in [2.75, 3.05) is 0 Å². The third kappa shape index (κ3) is 6.20. The molecular weight excluding hydrogens is 368 g/mol. The number of aliphatic hydroxyl groups excluding tert-OH is 1. The molecule has 0 aromatic carbocycles. The van der Waals surface area contributed by atoms with Crippen LogP contribution in [0, 0.1) is 0 Å². The molecule has 0 heterocycles. The summed E-state index contributed by atoms with van der Waals surface area (Å²) in [5.74, 6) is -4.20. The highest BCUT2D eigenvalue weighted by molar-refractivity contribution is 5.70. The van der Waals surface area contributed by atoms with E-state index in [0.29, 0.717) is 0 Å². The molecule has 0 aliphatic heterocycles. The van der Waals surface area contributed by atoms with E-state index in [9.17, 15) is 29.1 Å². The van der Waals surface area contributed by atoms with Gasteiger partial charge in [0, 0.05) is 34.6 Å². The van der Waals surface area contributed by atoms with Gasteiger partial charge in [0.25, 0.3) is 0 Å². The molecule has 1 saturated carbocycles. The van der Waals surface area contributed by atoms with Crippen LogP contribution in [0.15, 0.2) is 0 Å². The number of hydrogen-bond acceptors (Lipinski definition) is 11. The first-order valence-corrected chi connectivity index (χ1v) is 7.98. The van der Waals surface area contributed by atoms with E-state index in [4.69, 9.17) is 23.7 Å². The molecule has 1 aliphatic carbocycles. The molecule has 0 bridgehead atoms. The maximum absolute atomic E-state index is 11.5. The second kappa shape index (κ2) is 9.31. The first-order valence-electron chi connectivity index (χ1n) is 7.98. The van der Waals surface area contributed by atoms with Crippen molar-refractivity contribution in [2.45, 2.75) is 71.2 Å². The summed E-state index contributed by atoms with van der Waals surface area (Å²) in [5.41, 5.74) is 0. The molecule has 27 heavy (non-hydrogen) atoms. The van der Waals surface area contributed by atoms with Crippen molar-refractivity contribution in [1.82, 2.24) is 0 Å². The van der Waals surface area contributed by atoms with E-state index < -0.39 is 66.5 Å². The molecule has 0 saturated heterocycles. The predicted molar refractivity (Wildman–Crippen MR) is 83.8 cm³/mol. The summed E-state index contributed by atoms with van der Waals surface area (Å²) >= 11 is 0. The summed E-state index contributed by atoms with van der Waals surface area (Å²) in [6.45, 7) is 5.21. The fourth-order valence-corrected chi connectivity index (χ4v) is 2.77. The number of ether oxygens (including phenoxy) is 5. The summed E-state index contributed by atoms with van der Waals surface area (Å²) in [6, 6.07) is 0. The highest BCUT2D eigenvalue weighted by atomic mass is 16.7. The van der Waals surface area contributed by atoms with Crippen LogP contribution < -0.4 is 0 Å². The molecule has 6 atom stereocenters. The Balaban J connectivity index is 3.46. The Hall–Kier alpha value is -2.69. The lowest BCUT2D eigenvalue weighted by atomic mass is 9.84. The fourth-order valence-electron chi connectivity index (χ4n) is 2.77. The van der Waals surface area contributed by atoms with Crippen LogP contribution in [-0.2, 0) is 47.7 Å². The predicted octanol–water partition coefficient (Wildman–Crippen LogP) is -0.981. The van der Waals surface area contributed by atoms with Crippen LogP contribution in [0.25, 0.3) is 0 Å². The number of hydrogen-bond donors (Lipinski definition) is 1. The first kappa shape index (κ1) is 22.4. The van der Waals surface area contributed by atoms with Gasteiger partial charge in [-0.1, -0.05) is 0 Å². The van der Waals surface area contributed by atoms with E-state index in [2.05, 4.69) is 0 Å². The van der Waals surface area contributed by atoms with Crippen LogP contribution in [0.5, 0.6) is 0 Å². The van der Waals surface area contributed by atoms with Gasteiger partial charge in [0.15, 0.2) is 30.5 Å². The lowest BCUT2D eigenvalue weighted by Gasteiger charge is -2.45. The first-order chi connectivity index (χ1) is 12.4. The van der Waals surface area contributed by atoms with Crippen molar-refractivity contribution in [3.8, 4) is 0 Å². The smallest absolute Gasteiger partial charge is 0.303 e. The summed E-state index contributed by atoms with van der Waals surface area (Å²) in [4.78, 5) is 57.4. The molecule has 0 spiro atoms. The van der Waals surface area contributed by atoms with E-state index in [-0.39, 0.29) is 0 Å². The molecule has 0 aromatic heterocycles. The molecule has 0 amide bonds. The quantitative estimate of drug-likeness (QED) is 0.455. The molecule has 11 heteroatoms. The average molecular weight is 390 g/mol. The monoisotopic (exact) mass is 390 g/mol. The molecule has 1 N–H and O–H groups in total. The van der Waals surface area contributed by atoms with Gasteiger partial charge in [-0.3, -0.25) is 24.0 Å². The van der Waals surface area contributed by atoms with E-state index in [0.717, 1.165) is 34.6 Å². The van der Waals surface area contributed by atoms with Gasteiger partial charge in [-0.05, 0) is 0 Å². The maximum atomic E-state index is 11.5. The number of aliphatic hydroxyl groups is 1. The van der Waals surface area contributed by atoms with Crippen LogP contribution in [0.1, 0.15) is 34.6 Å². The molecule has 4 unspecified atom stereocenters. The van der Waals surface area contributed by atoms with Crippen LogP contribution in [0.4, 0.5) is 0 Å². The lowest BCUT2D eigenvalue weighted by Crippen LogP contribution is -2.68. The van der Waals surface area contributed by atoms with E-state index >= 15 is 0 Å². The standard InChI is InChI=1S/C16H22O11/c1-6(17)23-12-11(22)13(24-7(2)18)15(26-9(4)20)16(27-10(5)21)14(12)25-8(3)19/h11-16,22H,1-5H3/t11?,12-,13?,14?,15+,16?/m1/s1. The zero-order valence-electron chi connectivity index (χ0n) is 15.5. The Kier molecular flexibility index (Phi) is 7.70. The minimum absolute atomic E-state index is 0.839. The van der Waals surface area contributed by atoms with Gasteiger partial charge in [0.05, 0.1) is 0 Å². The number of rotatable bonds is 5. The molecular formula is C16H22O11. The van der Waals surface area contributed by atoms with Crippen molar-refractivity contribution in [1.29, 1.82) is 0 Å². The Morgan fingerprint density at radius 1 is 0.481 bits per heavy atom. The Morgan fingerprint density at radius 2 is 0.667 bits per heavy atom. The molecule has 1 aliphatic rings. The van der Waals surface area contributed by atoms with Crippen molar-refractivity contribution in [2.24, 2.45) is 0 Å². The Labute approximate surface area is 154 Å². The second-order valence-corrected chi connectivity index (χ2v) is 5.86. The van der Waals surface area contributed by atoms with Crippen molar-refractivity contribution < 1.29 is 52.8 Å². The van der Waals surface area contributed by atoms with Gasteiger partial charge >= 0.3 is 29.8 Å². The molecule has 11 nitrogen and oxygen atoms in total. The molecule has 152 valence electrons. The Bertz CT molecular complexity index is 569.